The van der Waals surface area contributed by atoms with Crippen molar-refractivity contribution in [3.05, 3.63) is 0 Å². The quantitative estimate of drug-likeness (QED) is 0.446. The Bertz CT molecular complexity index is 123. The first-order valence-electron chi connectivity index (χ1n) is 3.41. The molecule has 0 aromatic rings. The van der Waals surface area contributed by atoms with Crippen LogP contribution in [0.2, 0.25) is 0 Å². The van der Waals surface area contributed by atoms with Crippen LogP contribution in [0.15, 0.2) is 0 Å². The molecule has 0 amide bonds. The van der Waals surface area contributed by atoms with Gasteiger partial charge in [-0.15, -0.1) is 0 Å². The molecule has 0 bridgehead atoms. The second-order valence-corrected chi connectivity index (χ2v) is 3.48. The molecule has 1 unspecified atom stereocenters. The van der Waals surface area contributed by atoms with Crippen molar-refractivity contribution in [1.82, 2.24) is 0 Å². The van der Waals surface area contributed by atoms with Crippen LogP contribution in [0, 0.1) is 5.41 Å². The largest absolute Gasteiger partial charge is 0.379 e. The Hall–Kier alpha value is -0.220. The van der Waals surface area contributed by atoms with Crippen LogP contribution in [0.25, 0.3) is 0 Å². The summed E-state index contributed by atoms with van der Waals surface area (Å²) in [5.41, 5.74) is 5.33. The molecule has 0 aromatic carbocycles. The Morgan fingerprint density at radius 2 is 2.40 bits per heavy atom. The fourth-order valence-electron chi connectivity index (χ4n) is 0.946. The van der Waals surface area contributed by atoms with Gasteiger partial charge in [-0.05, 0) is 19.3 Å². The lowest BCUT2D eigenvalue weighted by atomic mass is 10.2. The lowest BCUT2D eigenvalue weighted by molar-refractivity contribution is 0.0735. The summed E-state index contributed by atoms with van der Waals surface area (Å²) >= 11 is 1.31. The van der Waals surface area contributed by atoms with Gasteiger partial charge in [-0.3, -0.25) is 5.41 Å². The molecule has 4 heteroatoms. The number of thioether (sulfide) groups is 1. The molecule has 3 N–H and O–H groups in total. The van der Waals surface area contributed by atoms with E-state index in [0.29, 0.717) is 0 Å². The number of nitrogens with one attached hydrogen (secondary N) is 1. The summed E-state index contributed by atoms with van der Waals surface area (Å²) in [6.07, 6.45) is 3.38. The molecule has 0 aliphatic carbocycles. The summed E-state index contributed by atoms with van der Waals surface area (Å²) in [6, 6.07) is 0. The van der Waals surface area contributed by atoms with Crippen LogP contribution in [0.1, 0.15) is 19.3 Å². The number of hydrogen-bond donors (Lipinski definition) is 2. The highest BCUT2D eigenvalue weighted by atomic mass is 32.2. The van der Waals surface area contributed by atoms with E-state index in [1.165, 1.54) is 18.2 Å². The monoisotopic (exact) mass is 160 g/mol. The molecule has 3 nitrogen and oxygen atoms in total. The van der Waals surface area contributed by atoms with Gasteiger partial charge in [0, 0.05) is 6.61 Å². The van der Waals surface area contributed by atoms with E-state index in [-0.39, 0.29) is 10.6 Å². The molecular weight excluding hydrogens is 148 g/mol. The van der Waals surface area contributed by atoms with Gasteiger partial charge in [0.1, 0.15) is 5.44 Å². The molecule has 1 rings (SSSR count). The Labute approximate surface area is 64.8 Å². The van der Waals surface area contributed by atoms with E-state index in [2.05, 4.69) is 0 Å². The van der Waals surface area contributed by atoms with Crippen LogP contribution in [0.5, 0.6) is 0 Å². The van der Waals surface area contributed by atoms with Crippen molar-refractivity contribution < 1.29 is 4.74 Å². The Balaban J connectivity index is 2.19. The lowest BCUT2D eigenvalue weighted by Gasteiger charge is -2.20. The normalized spacial score (nSPS) is 26.2. The minimum absolute atomic E-state index is 0.145. The average Bonchev–Trinajstić information content (AvgIpc) is 1.88. The molecule has 1 atom stereocenters. The third-order valence-corrected chi connectivity index (χ3v) is 2.28. The van der Waals surface area contributed by atoms with Gasteiger partial charge in [-0.2, -0.15) is 0 Å². The van der Waals surface area contributed by atoms with Gasteiger partial charge in [-0.1, -0.05) is 11.8 Å². The van der Waals surface area contributed by atoms with E-state index >= 15 is 0 Å². The van der Waals surface area contributed by atoms with Crippen molar-refractivity contribution in [3.63, 3.8) is 0 Å². The van der Waals surface area contributed by atoms with E-state index in [0.717, 1.165) is 19.4 Å². The minimum Gasteiger partial charge on any atom is -0.379 e. The molecular formula is C6H12N2OS. The molecule has 1 heterocycles. The SMILES string of the molecule is N=C(N)SC1CCCCO1. The summed E-state index contributed by atoms with van der Waals surface area (Å²) in [6.45, 7) is 0.824. The van der Waals surface area contributed by atoms with E-state index in [1.54, 1.807) is 0 Å². The highest BCUT2D eigenvalue weighted by molar-refractivity contribution is 8.14. The van der Waals surface area contributed by atoms with Crippen LogP contribution in [-0.4, -0.2) is 17.2 Å². The summed E-state index contributed by atoms with van der Waals surface area (Å²) in [5, 5.41) is 7.15. The molecule has 58 valence electrons. The highest BCUT2D eigenvalue weighted by Crippen LogP contribution is 2.22. The van der Waals surface area contributed by atoms with Gasteiger partial charge in [-0.25, -0.2) is 0 Å². The van der Waals surface area contributed by atoms with E-state index in [1.807, 2.05) is 0 Å². The number of amidine groups is 1. The van der Waals surface area contributed by atoms with Crippen LogP contribution in [0.4, 0.5) is 0 Å². The summed E-state index contributed by atoms with van der Waals surface area (Å²) < 4.78 is 5.33. The highest BCUT2D eigenvalue weighted by Gasteiger charge is 2.14. The minimum atomic E-state index is 0.145. The molecule has 0 radical (unpaired) electrons. The van der Waals surface area contributed by atoms with Crippen molar-refractivity contribution in [2.24, 2.45) is 5.73 Å². The molecule has 1 saturated heterocycles. The second kappa shape index (κ2) is 3.83. The zero-order valence-corrected chi connectivity index (χ0v) is 6.62. The van der Waals surface area contributed by atoms with Crippen molar-refractivity contribution in [2.75, 3.05) is 6.61 Å². The van der Waals surface area contributed by atoms with Crippen molar-refractivity contribution in [1.29, 1.82) is 5.41 Å². The second-order valence-electron chi connectivity index (χ2n) is 2.28. The van der Waals surface area contributed by atoms with Gasteiger partial charge >= 0.3 is 0 Å². The average molecular weight is 160 g/mol. The first kappa shape index (κ1) is 7.88. The van der Waals surface area contributed by atoms with Crippen molar-refractivity contribution >= 4 is 16.9 Å². The number of nitrogens with two attached hydrogens (primary N) is 1. The van der Waals surface area contributed by atoms with E-state index < -0.39 is 0 Å². The summed E-state index contributed by atoms with van der Waals surface area (Å²) in [7, 11) is 0. The maximum atomic E-state index is 6.99. The smallest absolute Gasteiger partial charge is 0.153 e. The predicted molar refractivity (Wildman–Crippen MR) is 43.1 cm³/mol. The van der Waals surface area contributed by atoms with Gasteiger partial charge in [0.05, 0.1) is 0 Å². The first-order valence-corrected chi connectivity index (χ1v) is 4.29. The third kappa shape index (κ3) is 2.58. The van der Waals surface area contributed by atoms with Gasteiger partial charge in [0.2, 0.25) is 0 Å². The lowest BCUT2D eigenvalue weighted by Crippen LogP contribution is -2.19. The Morgan fingerprint density at radius 3 is 2.90 bits per heavy atom. The zero-order valence-electron chi connectivity index (χ0n) is 5.80. The molecule has 10 heavy (non-hydrogen) atoms. The van der Waals surface area contributed by atoms with Crippen LogP contribution < -0.4 is 5.73 Å². The molecule has 0 saturated carbocycles. The fraction of sp³-hybridized carbons (Fsp3) is 0.833. The zero-order chi connectivity index (χ0) is 7.40. The third-order valence-electron chi connectivity index (χ3n) is 1.40. The molecule has 1 fully saturated rings. The topological polar surface area (TPSA) is 59.1 Å². The van der Waals surface area contributed by atoms with E-state index in [9.17, 15) is 0 Å². The van der Waals surface area contributed by atoms with E-state index in [4.69, 9.17) is 15.9 Å². The van der Waals surface area contributed by atoms with Gasteiger partial charge in [0.15, 0.2) is 5.17 Å². The van der Waals surface area contributed by atoms with Crippen LogP contribution >= 0.6 is 11.8 Å². The van der Waals surface area contributed by atoms with Crippen molar-refractivity contribution in [3.8, 4) is 0 Å². The predicted octanol–water partition coefficient (Wildman–Crippen LogP) is 1.14. The Morgan fingerprint density at radius 1 is 1.60 bits per heavy atom. The molecule has 0 aromatic heterocycles. The fourth-order valence-corrected chi connectivity index (χ4v) is 1.68. The van der Waals surface area contributed by atoms with Gasteiger partial charge in [0.25, 0.3) is 0 Å². The summed E-state index contributed by atoms with van der Waals surface area (Å²) in [4.78, 5) is 0. The number of hydrogen-bond acceptors (Lipinski definition) is 3. The number of rotatable bonds is 1. The van der Waals surface area contributed by atoms with Crippen molar-refractivity contribution in [2.45, 2.75) is 24.7 Å². The first-order chi connectivity index (χ1) is 4.79. The molecule has 0 spiro atoms. The maximum absolute atomic E-state index is 6.99. The van der Waals surface area contributed by atoms with Crippen LogP contribution in [0.3, 0.4) is 0 Å². The number of ether oxygens (including phenoxy) is 1. The van der Waals surface area contributed by atoms with Crippen LogP contribution in [-0.2, 0) is 4.74 Å². The Kier molecular flexibility index (Phi) is 3.02. The molecule has 1 aliphatic heterocycles. The summed E-state index contributed by atoms with van der Waals surface area (Å²) in [5.74, 6) is 0. The standard InChI is InChI=1S/C6H12N2OS/c7-6(8)10-5-3-1-2-4-9-5/h5H,1-4H2,(H3,7,8). The van der Waals surface area contributed by atoms with Gasteiger partial charge < -0.3 is 10.5 Å². The molecule has 1 aliphatic rings. The maximum Gasteiger partial charge on any atom is 0.153 e.